The minimum absolute atomic E-state index is 0.237. The van der Waals surface area contributed by atoms with E-state index in [0.29, 0.717) is 18.5 Å². The number of aliphatic hydroxyl groups excluding tert-OH is 1. The summed E-state index contributed by atoms with van der Waals surface area (Å²) in [6, 6.07) is 0.475. The van der Waals surface area contributed by atoms with Gasteiger partial charge in [0, 0.05) is 19.1 Å². The number of hydrogen-bond acceptors (Lipinski definition) is 3. The van der Waals surface area contributed by atoms with Crippen molar-refractivity contribution in [2.24, 2.45) is 11.7 Å². The molecule has 0 radical (unpaired) electrons. The van der Waals surface area contributed by atoms with Crippen molar-refractivity contribution in [1.29, 1.82) is 0 Å². The number of aliphatic hydroxyl groups is 1. The van der Waals surface area contributed by atoms with Crippen LogP contribution in [0.15, 0.2) is 0 Å². The molecule has 0 aliphatic carbocycles. The van der Waals surface area contributed by atoms with Crippen molar-refractivity contribution in [2.45, 2.75) is 38.8 Å². The maximum atomic E-state index is 9.32. The maximum Gasteiger partial charge on any atom is 0.0639 e. The second kappa shape index (κ2) is 4.94. The van der Waals surface area contributed by atoms with Gasteiger partial charge in [0.05, 0.1) is 6.10 Å². The van der Waals surface area contributed by atoms with E-state index in [0.717, 1.165) is 13.1 Å². The standard InChI is InChI=1S/C10H22N2O/c1-8-4-3-5-12(7-9(2)13)10(8)6-11/h8-10,13H,3-7,11H2,1-2H3. The molecule has 0 spiro atoms. The largest absolute Gasteiger partial charge is 0.392 e. The van der Waals surface area contributed by atoms with Gasteiger partial charge in [0.2, 0.25) is 0 Å². The Morgan fingerprint density at radius 1 is 1.62 bits per heavy atom. The van der Waals surface area contributed by atoms with Gasteiger partial charge in [-0.15, -0.1) is 0 Å². The molecular weight excluding hydrogens is 164 g/mol. The first-order chi connectivity index (χ1) is 6.15. The topological polar surface area (TPSA) is 49.5 Å². The molecule has 3 atom stereocenters. The number of piperidine rings is 1. The van der Waals surface area contributed by atoms with Crippen LogP contribution in [0, 0.1) is 5.92 Å². The van der Waals surface area contributed by atoms with E-state index in [1.165, 1.54) is 12.8 Å². The molecule has 0 saturated carbocycles. The Bertz CT molecular complexity index is 150. The van der Waals surface area contributed by atoms with Crippen molar-refractivity contribution in [1.82, 2.24) is 4.90 Å². The van der Waals surface area contributed by atoms with Gasteiger partial charge in [-0.25, -0.2) is 0 Å². The average molecular weight is 186 g/mol. The monoisotopic (exact) mass is 186 g/mol. The number of likely N-dealkylation sites (tertiary alicyclic amines) is 1. The fraction of sp³-hybridized carbons (Fsp3) is 1.00. The second-order valence-corrected chi connectivity index (χ2v) is 4.27. The van der Waals surface area contributed by atoms with E-state index < -0.39 is 0 Å². The molecule has 1 saturated heterocycles. The molecule has 1 heterocycles. The fourth-order valence-electron chi connectivity index (χ4n) is 2.28. The van der Waals surface area contributed by atoms with E-state index in [9.17, 15) is 5.11 Å². The minimum Gasteiger partial charge on any atom is -0.392 e. The lowest BCUT2D eigenvalue weighted by molar-refractivity contribution is 0.0549. The Morgan fingerprint density at radius 2 is 2.31 bits per heavy atom. The van der Waals surface area contributed by atoms with Crippen LogP contribution in [-0.2, 0) is 0 Å². The van der Waals surface area contributed by atoms with Crippen LogP contribution in [0.25, 0.3) is 0 Å². The molecule has 78 valence electrons. The molecule has 0 amide bonds. The molecule has 3 N–H and O–H groups in total. The molecule has 0 aromatic rings. The van der Waals surface area contributed by atoms with Gasteiger partial charge < -0.3 is 10.8 Å². The number of β-amino-alcohol motifs (C(OH)–C–C–N with tert-alkyl or cyclic N) is 1. The molecule has 1 aliphatic rings. The fourth-order valence-corrected chi connectivity index (χ4v) is 2.28. The Morgan fingerprint density at radius 3 is 2.85 bits per heavy atom. The summed E-state index contributed by atoms with van der Waals surface area (Å²) in [6.07, 6.45) is 2.28. The molecule has 0 aromatic carbocycles. The van der Waals surface area contributed by atoms with Crippen LogP contribution in [0.4, 0.5) is 0 Å². The zero-order chi connectivity index (χ0) is 9.84. The molecule has 3 nitrogen and oxygen atoms in total. The van der Waals surface area contributed by atoms with E-state index >= 15 is 0 Å². The van der Waals surface area contributed by atoms with Crippen molar-refractivity contribution in [2.75, 3.05) is 19.6 Å². The molecule has 1 fully saturated rings. The van der Waals surface area contributed by atoms with Crippen LogP contribution in [0.3, 0.4) is 0 Å². The first-order valence-electron chi connectivity index (χ1n) is 5.27. The van der Waals surface area contributed by atoms with E-state index in [4.69, 9.17) is 5.73 Å². The van der Waals surface area contributed by atoms with Crippen LogP contribution >= 0.6 is 0 Å². The highest BCUT2D eigenvalue weighted by Crippen LogP contribution is 2.22. The van der Waals surface area contributed by atoms with E-state index in [1.807, 2.05) is 6.92 Å². The summed E-state index contributed by atoms with van der Waals surface area (Å²) < 4.78 is 0. The second-order valence-electron chi connectivity index (χ2n) is 4.27. The van der Waals surface area contributed by atoms with Gasteiger partial charge in [-0.1, -0.05) is 6.92 Å². The van der Waals surface area contributed by atoms with Crippen LogP contribution in [0.2, 0.25) is 0 Å². The average Bonchev–Trinajstić information content (AvgIpc) is 2.03. The van der Waals surface area contributed by atoms with Crippen LogP contribution in [0.5, 0.6) is 0 Å². The minimum atomic E-state index is -0.237. The lowest BCUT2D eigenvalue weighted by Gasteiger charge is -2.40. The highest BCUT2D eigenvalue weighted by atomic mass is 16.3. The summed E-state index contributed by atoms with van der Waals surface area (Å²) >= 11 is 0. The van der Waals surface area contributed by atoms with Crippen LogP contribution < -0.4 is 5.73 Å². The molecule has 3 unspecified atom stereocenters. The van der Waals surface area contributed by atoms with Crippen molar-refractivity contribution < 1.29 is 5.11 Å². The van der Waals surface area contributed by atoms with Gasteiger partial charge in [-0.3, -0.25) is 4.90 Å². The van der Waals surface area contributed by atoms with Crippen molar-refractivity contribution in [3.05, 3.63) is 0 Å². The van der Waals surface area contributed by atoms with Gasteiger partial charge in [-0.2, -0.15) is 0 Å². The Labute approximate surface area is 80.9 Å². The summed E-state index contributed by atoms with van der Waals surface area (Å²) in [5.41, 5.74) is 5.74. The predicted molar refractivity (Wildman–Crippen MR) is 54.5 cm³/mol. The zero-order valence-corrected chi connectivity index (χ0v) is 8.74. The van der Waals surface area contributed by atoms with Crippen molar-refractivity contribution in [3.63, 3.8) is 0 Å². The Balaban J connectivity index is 2.49. The molecule has 0 bridgehead atoms. The third-order valence-corrected chi connectivity index (χ3v) is 2.97. The summed E-state index contributed by atoms with van der Waals surface area (Å²) in [5.74, 6) is 0.678. The molecule has 1 rings (SSSR count). The third-order valence-electron chi connectivity index (χ3n) is 2.97. The van der Waals surface area contributed by atoms with Gasteiger partial charge in [-0.05, 0) is 32.2 Å². The highest BCUT2D eigenvalue weighted by molar-refractivity contribution is 4.83. The lowest BCUT2D eigenvalue weighted by Crippen LogP contribution is -2.50. The first kappa shape index (κ1) is 11.0. The number of hydrogen-bond donors (Lipinski definition) is 2. The summed E-state index contributed by atoms with van der Waals surface area (Å²) in [6.45, 7) is 6.68. The SMILES string of the molecule is CC(O)CN1CCCC(C)C1CN. The molecular formula is C10H22N2O. The predicted octanol–water partition coefficient (Wildman–Crippen LogP) is 0.426. The molecule has 13 heavy (non-hydrogen) atoms. The Hall–Kier alpha value is -0.120. The van der Waals surface area contributed by atoms with Crippen LogP contribution in [-0.4, -0.2) is 41.8 Å². The highest BCUT2D eigenvalue weighted by Gasteiger charge is 2.27. The van der Waals surface area contributed by atoms with Crippen molar-refractivity contribution >= 4 is 0 Å². The van der Waals surface area contributed by atoms with Gasteiger partial charge in [0.25, 0.3) is 0 Å². The van der Waals surface area contributed by atoms with Crippen molar-refractivity contribution in [3.8, 4) is 0 Å². The number of nitrogens with two attached hydrogens (primary N) is 1. The summed E-state index contributed by atoms with van der Waals surface area (Å²) in [4.78, 5) is 2.33. The zero-order valence-electron chi connectivity index (χ0n) is 8.74. The van der Waals surface area contributed by atoms with E-state index in [2.05, 4.69) is 11.8 Å². The maximum absolute atomic E-state index is 9.32. The summed E-state index contributed by atoms with van der Waals surface area (Å²) in [7, 11) is 0. The van der Waals surface area contributed by atoms with E-state index in [-0.39, 0.29) is 6.10 Å². The number of rotatable bonds is 3. The Kier molecular flexibility index (Phi) is 4.16. The quantitative estimate of drug-likeness (QED) is 0.672. The third kappa shape index (κ3) is 2.93. The molecule has 1 aliphatic heterocycles. The van der Waals surface area contributed by atoms with Gasteiger partial charge in [0.15, 0.2) is 0 Å². The van der Waals surface area contributed by atoms with Crippen LogP contribution in [0.1, 0.15) is 26.7 Å². The normalized spacial score (nSPS) is 33.2. The van der Waals surface area contributed by atoms with Gasteiger partial charge >= 0.3 is 0 Å². The molecule has 0 aromatic heterocycles. The number of nitrogens with zero attached hydrogens (tertiary/aromatic N) is 1. The molecule has 3 heteroatoms. The lowest BCUT2D eigenvalue weighted by atomic mass is 9.90. The smallest absolute Gasteiger partial charge is 0.0639 e. The van der Waals surface area contributed by atoms with Gasteiger partial charge in [0.1, 0.15) is 0 Å². The van der Waals surface area contributed by atoms with E-state index in [1.54, 1.807) is 0 Å². The first-order valence-corrected chi connectivity index (χ1v) is 5.27. The summed E-state index contributed by atoms with van der Waals surface area (Å²) in [5, 5.41) is 9.32.